The van der Waals surface area contributed by atoms with Crippen LogP contribution in [0.15, 0.2) is 71.2 Å². The van der Waals surface area contributed by atoms with E-state index in [9.17, 15) is 9.59 Å². The predicted molar refractivity (Wildman–Crippen MR) is 132 cm³/mol. The van der Waals surface area contributed by atoms with Crippen molar-refractivity contribution in [3.05, 3.63) is 92.9 Å². The third-order valence-corrected chi connectivity index (χ3v) is 6.86. The fraction of sp³-hybridized carbons (Fsp3) is 0.231. The van der Waals surface area contributed by atoms with E-state index in [1.165, 1.54) is 0 Å². The number of carbonyl (C=O) groups excluding carboxylic acids is 1. The molecule has 2 N–H and O–H groups in total. The lowest BCUT2D eigenvalue weighted by Gasteiger charge is -2.20. The van der Waals surface area contributed by atoms with Gasteiger partial charge in [0.1, 0.15) is 6.61 Å². The Morgan fingerprint density at radius 1 is 1.03 bits per heavy atom. The molecule has 1 aliphatic rings. The fourth-order valence-electron chi connectivity index (χ4n) is 4.29. The molecule has 5 nitrogen and oxygen atoms in total. The van der Waals surface area contributed by atoms with Gasteiger partial charge in [0, 0.05) is 27.9 Å². The Morgan fingerprint density at radius 2 is 1.67 bits per heavy atom. The molecule has 0 radical (unpaired) electrons. The third kappa shape index (κ3) is 5.57. The van der Waals surface area contributed by atoms with E-state index in [-0.39, 0.29) is 25.4 Å². The Kier molecular flexibility index (Phi) is 7.36. The summed E-state index contributed by atoms with van der Waals surface area (Å²) in [5, 5.41) is 12.5. The molecule has 0 saturated heterocycles. The molecule has 0 bridgehead atoms. The largest absolute Gasteiger partial charge is 0.481 e. The summed E-state index contributed by atoms with van der Waals surface area (Å²) in [6.07, 6.45) is 0.0780. The summed E-state index contributed by atoms with van der Waals surface area (Å²) in [4.78, 5) is 23.8. The topological polar surface area (TPSA) is 75.6 Å². The zero-order valence-electron chi connectivity index (χ0n) is 17.8. The molecule has 1 aliphatic carbocycles. The van der Waals surface area contributed by atoms with Crippen LogP contribution in [0.3, 0.4) is 0 Å². The summed E-state index contributed by atoms with van der Waals surface area (Å²) in [5.74, 6) is -0.956. The van der Waals surface area contributed by atoms with Crippen LogP contribution in [0.1, 0.15) is 35.4 Å². The number of ether oxygens (including phenoxy) is 1. The van der Waals surface area contributed by atoms with Crippen LogP contribution >= 0.6 is 27.5 Å². The van der Waals surface area contributed by atoms with E-state index in [2.05, 4.69) is 45.5 Å². The molecule has 3 aromatic carbocycles. The number of aliphatic carboxylic acids is 1. The van der Waals surface area contributed by atoms with Gasteiger partial charge in [-0.1, -0.05) is 76.1 Å². The standard InChI is InChI=1S/C26H23BrClNO4/c27-24-11-9-17(28)13-16(24)14-18(10-12-25(30)31)29-26(32)33-15-23-21-7-3-1-5-19(21)20-6-2-4-8-22(20)23/h1-9,11,13,18,23H,10,12,14-15H2,(H,29,32)(H,30,31). The van der Waals surface area contributed by atoms with E-state index in [0.29, 0.717) is 11.4 Å². The highest BCUT2D eigenvalue weighted by atomic mass is 79.9. The zero-order chi connectivity index (χ0) is 23.4. The number of hydrogen-bond donors (Lipinski definition) is 2. The van der Waals surface area contributed by atoms with Crippen LogP contribution in [0.2, 0.25) is 5.02 Å². The normalized spacial score (nSPS) is 13.2. The summed E-state index contributed by atoms with van der Waals surface area (Å²) >= 11 is 9.60. The molecule has 1 amide bonds. The van der Waals surface area contributed by atoms with Crippen LogP contribution < -0.4 is 5.32 Å². The molecule has 33 heavy (non-hydrogen) atoms. The minimum absolute atomic E-state index is 0.0392. The molecule has 0 heterocycles. The summed E-state index contributed by atoms with van der Waals surface area (Å²) in [6.45, 7) is 0.201. The van der Waals surface area contributed by atoms with E-state index in [1.807, 2.05) is 30.3 Å². The van der Waals surface area contributed by atoms with Gasteiger partial charge in [0.2, 0.25) is 0 Å². The van der Waals surface area contributed by atoms with E-state index in [4.69, 9.17) is 21.4 Å². The Morgan fingerprint density at radius 3 is 2.30 bits per heavy atom. The molecule has 170 valence electrons. The molecule has 1 unspecified atom stereocenters. The van der Waals surface area contributed by atoms with Gasteiger partial charge in [0.15, 0.2) is 0 Å². The number of nitrogens with one attached hydrogen (secondary N) is 1. The van der Waals surface area contributed by atoms with Gasteiger partial charge in [-0.3, -0.25) is 4.79 Å². The maximum Gasteiger partial charge on any atom is 0.407 e. The van der Waals surface area contributed by atoms with Crippen LogP contribution in [0, 0.1) is 0 Å². The molecule has 3 aromatic rings. The molecule has 4 rings (SSSR count). The first-order valence-corrected chi connectivity index (χ1v) is 11.9. The summed E-state index contributed by atoms with van der Waals surface area (Å²) in [5.41, 5.74) is 5.48. The number of halogens is 2. The fourth-order valence-corrected chi connectivity index (χ4v) is 4.90. The van der Waals surface area contributed by atoms with Crippen molar-refractivity contribution >= 4 is 39.6 Å². The molecule has 0 aromatic heterocycles. The maximum absolute atomic E-state index is 12.7. The van der Waals surface area contributed by atoms with Gasteiger partial charge in [-0.15, -0.1) is 0 Å². The first-order valence-electron chi connectivity index (χ1n) is 10.7. The number of rotatable bonds is 8. The van der Waals surface area contributed by atoms with Gasteiger partial charge in [-0.25, -0.2) is 4.79 Å². The quantitative estimate of drug-likeness (QED) is 0.354. The van der Waals surface area contributed by atoms with Crippen molar-refractivity contribution in [1.29, 1.82) is 0 Å². The molecule has 0 aliphatic heterocycles. The van der Waals surface area contributed by atoms with Crippen molar-refractivity contribution < 1.29 is 19.4 Å². The lowest BCUT2D eigenvalue weighted by atomic mass is 9.98. The monoisotopic (exact) mass is 527 g/mol. The lowest BCUT2D eigenvalue weighted by Crippen LogP contribution is -2.38. The first kappa shape index (κ1) is 23.3. The summed E-state index contributed by atoms with van der Waals surface area (Å²) in [6, 6.07) is 21.3. The van der Waals surface area contributed by atoms with Gasteiger partial charge in [0.05, 0.1) is 0 Å². The first-order chi connectivity index (χ1) is 15.9. The SMILES string of the molecule is O=C(O)CCC(Cc1cc(Cl)ccc1Br)NC(=O)OCC1c2ccccc2-c2ccccc21. The Labute approximate surface area is 205 Å². The average molecular weight is 529 g/mol. The minimum atomic E-state index is -0.917. The smallest absolute Gasteiger partial charge is 0.407 e. The van der Waals surface area contributed by atoms with Crippen LogP contribution in [0.5, 0.6) is 0 Å². The molecular formula is C26H23BrClNO4. The second-order valence-corrected chi connectivity index (χ2v) is 9.33. The lowest BCUT2D eigenvalue weighted by molar-refractivity contribution is -0.137. The zero-order valence-corrected chi connectivity index (χ0v) is 20.1. The number of fused-ring (bicyclic) bond motifs is 3. The highest BCUT2D eigenvalue weighted by molar-refractivity contribution is 9.10. The van der Waals surface area contributed by atoms with Crippen LogP contribution in [-0.2, 0) is 16.0 Å². The van der Waals surface area contributed by atoms with Gasteiger partial charge in [0.25, 0.3) is 0 Å². The highest BCUT2D eigenvalue weighted by Gasteiger charge is 2.29. The second kappa shape index (κ2) is 10.4. The number of carboxylic acids is 1. The van der Waals surface area contributed by atoms with Gasteiger partial charge < -0.3 is 15.2 Å². The summed E-state index contributed by atoms with van der Waals surface area (Å²) < 4.78 is 6.48. The number of benzene rings is 3. The Bertz CT molecular complexity index is 1140. The van der Waals surface area contributed by atoms with Crippen LogP contribution in [-0.4, -0.2) is 29.8 Å². The highest BCUT2D eigenvalue weighted by Crippen LogP contribution is 2.44. The Balaban J connectivity index is 1.44. The molecule has 1 atom stereocenters. The van der Waals surface area contributed by atoms with E-state index in [0.717, 1.165) is 32.3 Å². The molecule has 0 spiro atoms. The van der Waals surface area contributed by atoms with E-state index >= 15 is 0 Å². The van der Waals surface area contributed by atoms with E-state index < -0.39 is 18.1 Å². The molecule has 7 heteroatoms. The number of amides is 1. The van der Waals surface area contributed by atoms with Crippen molar-refractivity contribution in [2.45, 2.75) is 31.2 Å². The average Bonchev–Trinajstić information content (AvgIpc) is 3.12. The van der Waals surface area contributed by atoms with Crippen LogP contribution in [0.25, 0.3) is 11.1 Å². The van der Waals surface area contributed by atoms with E-state index in [1.54, 1.807) is 12.1 Å². The minimum Gasteiger partial charge on any atom is -0.481 e. The Hall–Kier alpha value is -2.83. The number of carbonyl (C=O) groups is 2. The predicted octanol–water partition coefficient (Wildman–Crippen LogP) is 6.42. The van der Waals surface area contributed by atoms with Gasteiger partial charge in [-0.05, 0) is 58.9 Å². The number of carboxylic acid groups (broad SMARTS) is 1. The molecule has 0 fully saturated rings. The van der Waals surface area contributed by atoms with Crippen molar-refractivity contribution in [2.75, 3.05) is 6.61 Å². The van der Waals surface area contributed by atoms with Crippen molar-refractivity contribution in [1.82, 2.24) is 5.32 Å². The molecule has 0 saturated carbocycles. The summed E-state index contributed by atoms with van der Waals surface area (Å²) in [7, 11) is 0. The number of hydrogen-bond acceptors (Lipinski definition) is 3. The van der Waals surface area contributed by atoms with Crippen LogP contribution in [0.4, 0.5) is 4.79 Å². The third-order valence-electron chi connectivity index (χ3n) is 5.85. The molecular weight excluding hydrogens is 506 g/mol. The van der Waals surface area contributed by atoms with Crippen molar-refractivity contribution in [3.63, 3.8) is 0 Å². The maximum atomic E-state index is 12.7. The van der Waals surface area contributed by atoms with Crippen molar-refractivity contribution in [2.24, 2.45) is 0 Å². The van der Waals surface area contributed by atoms with Crippen molar-refractivity contribution in [3.8, 4) is 11.1 Å². The second-order valence-electron chi connectivity index (χ2n) is 8.04. The van der Waals surface area contributed by atoms with Gasteiger partial charge in [-0.2, -0.15) is 0 Å². The number of alkyl carbamates (subject to hydrolysis) is 1. The van der Waals surface area contributed by atoms with Gasteiger partial charge >= 0.3 is 12.1 Å².